The number of hydrogen-bond donors (Lipinski definition) is 2. The third kappa shape index (κ3) is 5.67. The summed E-state index contributed by atoms with van der Waals surface area (Å²) in [6.45, 7) is 6.74. The van der Waals surface area contributed by atoms with Crippen LogP contribution in [0.3, 0.4) is 0 Å². The van der Waals surface area contributed by atoms with Gasteiger partial charge in [-0.1, -0.05) is 37.6 Å². The first-order chi connectivity index (χ1) is 13.0. The topological polar surface area (TPSA) is 67.1 Å². The molecule has 0 spiro atoms. The predicted octanol–water partition coefficient (Wildman–Crippen LogP) is 4.06. The zero-order chi connectivity index (χ0) is 19.2. The van der Waals surface area contributed by atoms with Crippen LogP contribution in [0.1, 0.15) is 62.3 Å². The van der Waals surface area contributed by atoms with Crippen LogP contribution in [0.5, 0.6) is 0 Å². The first kappa shape index (κ1) is 19.6. The average Bonchev–Trinajstić information content (AvgIpc) is 2.63. The Bertz CT molecular complexity index is 720. The average molecular weight is 368 g/mol. The monoisotopic (exact) mass is 367 g/mol. The van der Waals surface area contributed by atoms with E-state index in [4.69, 9.17) is 5.73 Å². The zero-order valence-electron chi connectivity index (χ0n) is 16.9. The zero-order valence-corrected chi connectivity index (χ0v) is 16.9. The minimum Gasteiger partial charge on any atom is -0.368 e. The Morgan fingerprint density at radius 2 is 1.89 bits per heavy atom. The van der Waals surface area contributed by atoms with Crippen LogP contribution in [0.25, 0.3) is 0 Å². The molecule has 1 saturated heterocycles. The van der Waals surface area contributed by atoms with Gasteiger partial charge in [0.15, 0.2) is 0 Å². The van der Waals surface area contributed by atoms with Crippen molar-refractivity contribution in [3.63, 3.8) is 0 Å². The lowest BCUT2D eigenvalue weighted by Crippen LogP contribution is -2.29. The highest BCUT2D eigenvalue weighted by Crippen LogP contribution is 2.28. The maximum Gasteiger partial charge on any atom is 0.222 e. The summed E-state index contributed by atoms with van der Waals surface area (Å²) in [4.78, 5) is 11.2. The summed E-state index contributed by atoms with van der Waals surface area (Å²) in [6.07, 6.45) is 5.53. The van der Waals surface area contributed by atoms with Crippen LogP contribution in [-0.4, -0.2) is 41.0 Å². The van der Waals surface area contributed by atoms with Crippen LogP contribution in [0.15, 0.2) is 30.3 Å². The second-order valence-electron chi connectivity index (χ2n) is 7.93. The van der Waals surface area contributed by atoms with E-state index in [0.29, 0.717) is 17.9 Å². The van der Waals surface area contributed by atoms with E-state index in [0.717, 1.165) is 30.8 Å². The molecule has 5 nitrogen and oxygen atoms in total. The van der Waals surface area contributed by atoms with Crippen LogP contribution in [0.4, 0.5) is 11.8 Å². The Kier molecular flexibility index (Phi) is 6.67. The molecule has 0 aliphatic carbocycles. The molecular formula is C22H33N5. The number of likely N-dealkylation sites (tertiary alicyclic amines) is 1. The lowest BCUT2D eigenvalue weighted by Gasteiger charge is -2.29. The smallest absolute Gasteiger partial charge is 0.222 e. The molecule has 1 unspecified atom stereocenters. The number of nitrogen functional groups attached to an aromatic ring is 1. The minimum absolute atomic E-state index is 0.335. The highest BCUT2D eigenvalue weighted by Gasteiger charge is 2.18. The second-order valence-corrected chi connectivity index (χ2v) is 7.93. The molecule has 0 radical (unpaired) electrons. The molecule has 3 N–H and O–H groups in total. The van der Waals surface area contributed by atoms with Crippen molar-refractivity contribution in [2.75, 3.05) is 31.2 Å². The molecule has 1 aliphatic heterocycles. The number of rotatable bonds is 7. The van der Waals surface area contributed by atoms with Gasteiger partial charge in [0, 0.05) is 18.5 Å². The van der Waals surface area contributed by atoms with Crippen molar-refractivity contribution in [1.29, 1.82) is 0 Å². The summed E-state index contributed by atoms with van der Waals surface area (Å²) in [6, 6.07) is 11.5. The van der Waals surface area contributed by atoms with Gasteiger partial charge in [0.2, 0.25) is 5.95 Å². The summed E-state index contributed by atoms with van der Waals surface area (Å²) in [5.74, 6) is 1.85. The second kappa shape index (κ2) is 9.18. The SMILES string of the molecule is CCCC(C)Nc1cc(Cc2ccc(C3CCN(C)CC3)cc2)nc(N)n1. The normalized spacial score (nSPS) is 17.0. The van der Waals surface area contributed by atoms with E-state index in [9.17, 15) is 0 Å². The van der Waals surface area contributed by atoms with E-state index in [1.165, 1.54) is 37.1 Å². The fourth-order valence-corrected chi connectivity index (χ4v) is 3.90. The highest BCUT2D eigenvalue weighted by molar-refractivity contribution is 5.42. The van der Waals surface area contributed by atoms with E-state index in [1.807, 2.05) is 6.07 Å². The lowest BCUT2D eigenvalue weighted by molar-refractivity contribution is 0.255. The van der Waals surface area contributed by atoms with Crippen LogP contribution >= 0.6 is 0 Å². The third-order valence-corrected chi connectivity index (χ3v) is 5.47. The molecule has 1 fully saturated rings. The van der Waals surface area contributed by atoms with Gasteiger partial charge < -0.3 is 16.0 Å². The van der Waals surface area contributed by atoms with Crippen LogP contribution in [-0.2, 0) is 6.42 Å². The fourth-order valence-electron chi connectivity index (χ4n) is 3.90. The third-order valence-electron chi connectivity index (χ3n) is 5.47. The van der Waals surface area contributed by atoms with Crippen molar-refractivity contribution in [2.24, 2.45) is 0 Å². The Morgan fingerprint density at radius 3 is 2.56 bits per heavy atom. The standard InChI is InChI=1S/C22H33N5/c1-4-5-16(2)24-21-15-20(25-22(23)26-21)14-17-6-8-18(9-7-17)19-10-12-27(3)13-11-19/h6-9,15-16,19H,4-5,10-14H2,1-3H3,(H3,23,24,25,26). The molecule has 1 aromatic carbocycles. The number of anilines is 2. The van der Waals surface area contributed by atoms with Gasteiger partial charge in [-0.2, -0.15) is 4.98 Å². The Morgan fingerprint density at radius 1 is 1.19 bits per heavy atom. The molecule has 27 heavy (non-hydrogen) atoms. The lowest BCUT2D eigenvalue weighted by atomic mass is 9.89. The van der Waals surface area contributed by atoms with E-state index in [2.05, 4.69) is 65.3 Å². The molecule has 2 aromatic rings. The summed E-state index contributed by atoms with van der Waals surface area (Å²) in [5, 5.41) is 3.43. The van der Waals surface area contributed by atoms with Crippen molar-refractivity contribution in [3.05, 3.63) is 47.2 Å². The van der Waals surface area contributed by atoms with Gasteiger partial charge in [-0.25, -0.2) is 4.98 Å². The van der Waals surface area contributed by atoms with Gasteiger partial charge in [-0.3, -0.25) is 0 Å². The van der Waals surface area contributed by atoms with Gasteiger partial charge in [-0.05, 0) is 63.4 Å². The van der Waals surface area contributed by atoms with Crippen molar-refractivity contribution in [2.45, 2.75) is 57.9 Å². The van der Waals surface area contributed by atoms with E-state index in [1.54, 1.807) is 0 Å². The van der Waals surface area contributed by atoms with E-state index < -0.39 is 0 Å². The van der Waals surface area contributed by atoms with Crippen molar-refractivity contribution >= 4 is 11.8 Å². The summed E-state index contributed by atoms with van der Waals surface area (Å²) < 4.78 is 0. The van der Waals surface area contributed by atoms with Gasteiger partial charge in [0.25, 0.3) is 0 Å². The predicted molar refractivity (Wildman–Crippen MR) is 113 cm³/mol. The summed E-state index contributed by atoms with van der Waals surface area (Å²) >= 11 is 0. The van der Waals surface area contributed by atoms with Crippen LogP contribution in [0.2, 0.25) is 0 Å². The molecule has 3 rings (SSSR count). The Labute approximate surface area is 163 Å². The quantitative estimate of drug-likeness (QED) is 0.772. The maximum absolute atomic E-state index is 5.93. The Hall–Kier alpha value is -2.14. The molecule has 5 heteroatoms. The summed E-state index contributed by atoms with van der Waals surface area (Å²) in [5.41, 5.74) is 9.61. The van der Waals surface area contributed by atoms with Gasteiger partial charge in [0.1, 0.15) is 5.82 Å². The van der Waals surface area contributed by atoms with Crippen molar-refractivity contribution in [1.82, 2.24) is 14.9 Å². The molecule has 0 bridgehead atoms. The molecular weight excluding hydrogens is 334 g/mol. The highest BCUT2D eigenvalue weighted by atomic mass is 15.1. The number of nitrogens with zero attached hydrogens (tertiary/aromatic N) is 3. The molecule has 146 valence electrons. The maximum atomic E-state index is 5.93. The number of piperidine rings is 1. The number of nitrogens with two attached hydrogens (primary N) is 1. The van der Waals surface area contributed by atoms with Gasteiger partial charge >= 0.3 is 0 Å². The summed E-state index contributed by atoms with van der Waals surface area (Å²) in [7, 11) is 2.21. The number of aromatic nitrogens is 2. The van der Waals surface area contributed by atoms with Gasteiger partial charge in [-0.15, -0.1) is 0 Å². The van der Waals surface area contributed by atoms with Crippen LogP contribution < -0.4 is 11.1 Å². The first-order valence-electron chi connectivity index (χ1n) is 10.2. The van der Waals surface area contributed by atoms with E-state index >= 15 is 0 Å². The largest absolute Gasteiger partial charge is 0.368 e. The minimum atomic E-state index is 0.335. The molecule has 1 aromatic heterocycles. The molecule has 1 aliphatic rings. The van der Waals surface area contributed by atoms with Crippen molar-refractivity contribution in [3.8, 4) is 0 Å². The molecule has 2 heterocycles. The number of hydrogen-bond acceptors (Lipinski definition) is 5. The molecule has 1 atom stereocenters. The number of nitrogens with one attached hydrogen (secondary N) is 1. The molecule has 0 saturated carbocycles. The fraction of sp³-hybridized carbons (Fsp3) is 0.545. The van der Waals surface area contributed by atoms with Crippen LogP contribution in [0, 0.1) is 0 Å². The first-order valence-corrected chi connectivity index (χ1v) is 10.2. The number of benzene rings is 1. The van der Waals surface area contributed by atoms with Crippen molar-refractivity contribution < 1.29 is 0 Å². The molecule has 0 amide bonds. The Balaban J connectivity index is 1.65. The van der Waals surface area contributed by atoms with E-state index in [-0.39, 0.29) is 0 Å². The van der Waals surface area contributed by atoms with Gasteiger partial charge in [0.05, 0.1) is 5.69 Å².